The number of hydrogen-bond donors (Lipinski definition) is 2. The maximum Gasteiger partial charge on any atom is 0.331 e. The average molecular weight is 326 g/mol. The lowest BCUT2D eigenvalue weighted by Gasteiger charge is -2.23. The Labute approximate surface area is 131 Å². The summed E-state index contributed by atoms with van der Waals surface area (Å²) in [6.07, 6.45) is 0.640. The van der Waals surface area contributed by atoms with Gasteiger partial charge in [0.2, 0.25) is 0 Å². The molecule has 1 heterocycles. The van der Waals surface area contributed by atoms with Gasteiger partial charge in [0.15, 0.2) is 0 Å². The number of urea groups is 1. The van der Waals surface area contributed by atoms with Gasteiger partial charge in [-0.3, -0.25) is 0 Å². The number of aryl methyl sites for hydroxylation is 1. The second kappa shape index (κ2) is 5.89. The van der Waals surface area contributed by atoms with Crippen molar-refractivity contribution in [3.05, 3.63) is 29.8 Å². The summed E-state index contributed by atoms with van der Waals surface area (Å²) < 4.78 is 26.6. The summed E-state index contributed by atoms with van der Waals surface area (Å²) in [5.74, 6) is 0. The van der Waals surface area contributed by atoms with Crippen LogP contribution in [0.4, 0.5) is 4.79 Å². The van der Waals surface area contributed by atoms with Crippen LogP contribution in [0.2, 0.25) is 0 Å². The molecule has 0 bridgehead atoms. The predicted octanol–water partition coefficient (Wildman–Crippen LogP) is 1.49. The molecule has 2 N–H and O–H groups in total. The fourth-order valence-electron chi connectivity index (χ4n) is 2.75. The van der Waals surface area contributed by atoms with Gasteiger partial charge in [0, 0.05) is 6.54 Å². The number of hydrogen-bond acceptors (Lipinski definition) is 4. The van der Waals surface area contributed by atoms with E-state index in [4.69, 9.17) is 0 Å². The number of rotatable bonds is 3. The highest BCUT2D eigenvalue weighted by molar-refractivity contribution is 7.90. The van der Waals surface area contributed by atoms with Crippen molar-refractivity contribution in [2.45, 2.75) is 38.1 Å². The highest BCUT2D eigenvalue weighted by Gasteiger charge is 2.40. The molecule has 0 saturated carbocycles. The Kier molecular flexibility index (Phi) is 4.49. The molecule has 1 aliphatic heterocycles. The maximum absolute atomic E-state index is 12.3. The molecule has 0 radical (unpaired) electrons. The smallest absolute Gasteiger partial charge is 0.331 e. The summed E-state index contributed by atoms with van der Waals surface area (Å²) in [4.78, 5) is 13.7. The first-order chi connectivity index (χ1) is 10.1. The highest BCUT2D eigenvalue weighted by Crippen LogP contribution is 2.33. The van der Waals surface area contributed by atoms with Crippen LogP contribution in [0, 0.1) is 12.3 Å². The first-order valence-electron chi connectivity index (χ1n) is 7.15. The van der Waals surface area contributed by atoms with Gasteiger partial charge in [0.1, 0.15) is 0 Å². The molecule has 1 aliphatic rings. The molecule has 7 heteroatoms. The van der Waals surface area contributed by atoms with E-state index in [1.54, 1.807) is 12.1 Å². The first kappa shape index (κ1) is 16.8. The Morgan fingerprint density at radius 1 is 1.36 bits per heavy atom. The number of amides is 2. The van der Waals surface area contributed by atoms with Crippen LogP contribution in [0.15, 0.2) is 29.2 Å². The van der Waals surface area contributed by atoms with Crippen molar-refractivity contribution in [3.8, 4) is 0 Å². The average Bonchev–Trinajstić information content (AvgIpc) is 2.74. The van der Waals surface area contributed by atoms with Crippen molar-refractivity contribution in [3.63, 3.8) is 0 Å². The number of benzene rings is 1. The Morgan fingerprint density at radius 2 is 1.95 bits per heavy atom. The van der Waals surface area contributed by atoms with Crippen molar-refractivity contribution < 1.29 is 18.3 Å². The minimum absolute atomic E-state index is 0.0467. The van der Waals surface area contributed by atoms with Gasteiger partial charge in [-0.05, 0) is 30.9 Å². The fourth-order valence-corrected chi connectivity index (χ4v) is 3.71. The Bertz CT molecular complexity index is 653. The Balaban J connectivity index is 2.15. The van der Waals surface area contributed by atoms with E-state index >= 15 is 0 Å². The predicted molar refractivity (Wildman–Crippen MR) is 82.9 cm³/mol. The Morgan fingerprint density at radius 3 is 2.50 bits per heavy atom. The molecule has 1 saturated heterocycles. The maximum atomic E-state index is 12.3. The third-order valence-corrected chi connectivity index (χ3v) is 5.19. The third kappa shape index (κ3) is 3.59. The van der Waals surface area contributed by atoms with Crippen molar-refractivity contribution in [2.24, 2.45) is 5.41 Å². The number of nitrogens with one attached hydrogen (secondary N) is 1. The Hall–Kier alpha value is -1.60. The second-order valence-electron chi connectivity index (χ2n) is 6.56. The summed E-state index contributed by atoms with van der Waals surface area (Å²) >= 11 is 0. The number of carbonyl (C=O) groups is 1. The standard InChI is InChI=1S/C15H22N2O4S/c1-11-4-6-13(7-5-11)22(20,21)16-14(19)17-10-15(2,3)8-12(17)9-18/h4-7,12,18H,8-10H2,1-3H3,(H,16,19). The molecule has 1 aromatic carbocycles. The van der Waals surface area contributed by atoms with Crippen molar-refractivity contribution in [1.82, 2.24) is 9.62 Å². The minimum atomic E-state index is -3.91. The zero-order chi connectivity index (χ0) is 16.5. The number of sulfonamides is 1. The summed E-state index contributed by atoms with van der Waals surface area (Å²) in [6.45, 7) is 6.05. The molecule has 6 nitrogen and oxygen atoms in total. The summed E-state index contributed by atoms with van der Waals surface area (Å²) in [5.41, 5.74) is 0.796. The number of aliphatic hydroxyl groups is 1. The van der Waals surface area contributed by atoms with E-state index in [1.165, 1.54) is 17.0 Å². The molecule has 0 aliphatic carbocycles. The van der Waals surface area contributed by atoms with E-state index < -0.39 is 16.1 Å². The SMILES string of the molecule is Cc1ccc(S(=O)(=O)NC(=O)N2CC(C)(C)CC2CO)cc1. The first-order valence-corrected chi connectivity index (χ1v) is 8.64. The van der Waals surface area contributed by atoms with E-state index in [9.17, 15) is 18.3 Å². The minimum Gasteiger partial charge on any atom is -0.394 e. The van der Waals surface area contributed by atoms with E-state index in [2.05, 4.69) is 4.72 Å². The molecule has 2 amide bonds. The van der Waals surface area contributed by atoms with E-state index in [0.717, 1.165) is 5.56 Å². The topological polar surface area (TPSA) is 86.7 Å². The molecule has 0 aromatic heterocycles. The van der Waals surface area contributed by atoms with Gasteiger partial charge < -0.3 is 10.0 Å². The van der Waals surface area contributed by atoms with E-state index in [1.807, 2.05) is 20.8 Å². The quantitative estimate of drug-likeness (QED) is 0.881. The van der Waals surface area contributed by atoms with Crippen molar-refractivity contribution >= 4 is 16.1 Å². The van der Waals surface area contributed by atoms with E-state index in [0.29, 0.717) is 13.0 Å². The van der Waals surface area contributed by atoms with Crippen molar-refractivity contribution in [1.29, 1.82) is 0 Å². The van der Waals surface area contributed by atoms with Crippen LogP contribution in [0.25, 0.3) is 0 Å². The molecular weight excluding hydrogens is 304 g/mol. The molecule has 1 fully saturated rings. The van der Waals surface area contributed by atoms with Crippen LogP contribution in [0.1, 0.15) is 25.8 Å². The van der Waals surface area contributed by atoms with Gasteiger partial charge in [0.05, 0.1) is 17.5 Å². The number of carbonyl (C=O) groups excluding carboxylic acids is 1. The van der Waals surface area contributed by atoms with Crippen LogP contribution in [0.3, 0.4) is 0 Å². The molecule has 1 atom stereocenters. The lowest BCUT2D eigenvalue weighted by molar-refractivity contribution is 0.161. The molecule has 0 spiro atoms. The zero-order valence-corrected chi connectivity index (χ0v) is 13.9. The second-order valence-corrected chi connectivity index (χ2v) is 8.24. The van der Waals surface area contributed by atoms with Gasteiger partial charge in [-0.15, -0.1) is 0 Å². The zero-order valence-electron chi connectivity index (χ0n) is 13.0. The summed E-state index contributed by atoms with van der Waals surface area (Å²) in [6, 6.07) is 5.22. The fraction of sp³-hybridized carbons (Fsp3) is 0.533. The lowest BCUT2D eigenvalue weighted by Crippen LogP contribution is -2.46. The number of nitrogens with zero attached hydrogens (tertiary/aromatic N) is 1. The van der Waals surface area contributed by atoms with Crippen LogP contribution < -0.4 is 4.72 Å². The van der Waals surface area contributed by atoms with Crippen LogP contribution >= 0.6 is 0 Å². The monoisotopic (exact) mass is 326 g/mol. The highest BCUT2D eigenvalue weighted by atomic mass is 32.2. The van der Waals surface area contributed by atoms with Crippen LogP contribution in [-0.2, 0) is 10.0 Å². The third-order valence-electron chi connectivity index (χ3n) is 3.85. The van der Waals surface area contributed by atoms with Crippen molar-refractivity contribution in [2.75, 3.05) is 13.2 Å². The normalized spacial score (nSPS) is 20.9. The molecular formula is C15H22N2O4S. The molecule has 22 heavy (non-hydrogen) atoms. The molecule has 2 rings (SSSR count). The summed E-state index contributed by atoms with van der Waals surface area (Å²) in [5, 5.41) is 9.39. The van der Waals surface area contributed by atoms with Gasteiger partial charge >= 0.3 is 6.03 Å². The number of aliphatic hydroxyl groups excluding tert-OH is 1. The van der Waals surface area contributed by atoms with E-state index in [-0.39, 0.29) is 23.0 Å². The molecule has 122 valence electrons. The summed E-state index contributed by atoms with van der Waals surface area (Å²) in [7, 11) is -3.91. The van der Waals surface area contributed by atoms with Gasteiger partial charge in [-0.25, -0.2) is 17.9 Å². The molecule has 1 aromatic rings. The van der Waals surface area contributed by atoms with Gasteiger partial charge in [-0.2, -0.15) is 0 Å². The number of likely N-dealkylation sites (tertiary alicyclic amines) is 1. The van der Waals surface area contributed by atoms with Crippen LogP contribution in [0.5, 0.6) is 0 Å². The van der Waals surface area contributed by atoms with Gasteiger partial charge in [0.25, 0.3) is 10.0 Å². The lowest BCUT2D eigenvalue weighted by atomic mass is 9.91. The van der Waals surface area contributed by atoms with Gasteiger partial charge in [-0.1, -0.05) is 31.5 Å². The largest absolute Gasteiger partial charge is 0.394 e. The van der Waals surface area contributed by atoms with Crippen LogP contribution in [-0.4, -0.2) is 43.6 Å². The molecule has 1 unspecified atom stereocenters.